The Kier molecular flexibility index (Phi) is 7.22. The Balaban J connectivity index is 2.01. The van der Waals surface area contributed by atoms with E-state index in [1.54, 1.807) is 0 Å². The maximum absolute atomic E-state index is 11.0. The zero-order valence-corrected chi connectivity index (χ0v) is 13.7. The third-order valence-electron chi connectivity index (χ3n) is 4.60. The van der Waals surface area contributed by atoms with Crippen molar-refractivity contribution < 1.29 is 19.8 Å². The molecule has 2 heterocycles. The molecule has 0 aliphatic carbocycles. The van der Waals surface area contributed by atoms with E-state index >= 15 is 0 Å². The average Bonchev–Trinajstić information content (AvgIpc) is 2.48. The summed E-state index contributed by atoms with van der Waals surface area (Å²) in [6, 6.07) is 0. The Morgan fingerprint density at radius 3 is 1.26 bits per heavy atom. The Morgan fingerprint density at radius 1 is 0.609 bits per heavy atom. The highest BCUT2D eigenvalue weighted by Crippen LogP contribution is 2.05. The van der Waals surface area contributed by atoms with Crippen molar-refractivity contribution in [2.24, 2.45) is 0 Å². The molecule has 2 aliphatic rings. The molecule has 0 aromatic carbocycles. The van der Waals surface area contributed by atoms with Crippen LogP contribution in [-0.2, 0) is 9.59 Å². The molecule has 0 unspecified atom stereocenters. The summed E-state index contributed by atoms with van der Waals surface area (Å²) in [6.45, 7) is 8.51. The molecule has 132 valence electrons. The molecule has 0 atom stereocenters. The van der Waals surface area contributed by atoms with Crippen molar-refractivity contribution in [2.45, 2.75) is 6.42 Å². The molecular formula is C15H28N4O4. The fraction of sp³-hybridized carbons (Fsp3) is 0.867. The topological polar surface area (TPSA) is 87.6 Å². The van der Waals surface area contributed by atoms with Crippen molar-refractivity contribution in [1.29, 1.82) is 0 Å². The van der Waals surface area contributed by atoms with Crippen LogP contribution in [0, 0.1) is 0 Å². The van der Waals surface area contributed by atoms with Crippen LogP contribution in [0.4, 0.5) is 0 Å². The number of fused-ring (bicyclic) bond motifs is 4. The van der Waals surface area contributed by atoms with Crippen LogP contribution in [0.3, 0.4) is 0 Å². The van der Waals surface area contributed by atoms with Gasteiger partial charge in [-0.2, -0.15) is 0 Å². The van der Waals surface area contributed by atoms with Crippen LogP contribution >= 0.6 is 0 Å². The maximum atomic E-state index is 11.0. The molecule has 0 radical (unpaired) electrons. The first-order valence-corrected chi connectivity index (χ1v) is 8.36. The highest BCUT2D eigenvalue weighted by atomic mass is 16.4. The minimum absolute atomic E-state index is 0.0901. The van der Waals surface area contributed by atoms with Gasteiger partial charge in [0.25, 0.3) is 0 Å². The molecule has 23 heavy (non-hydrogen) atoms. The lowest BCUT2D eigenvalue weighted by atomic mass is 10.2. The van der Waals surface area contributed by atoms with Gasteiger partial charge in [0, 0.05) is 52.4 Å². The summed E-state index contributed by atoms with van der Waals surface area (Å²) in [7, 11) is 0. The van der Waals surface area contributed by atoms with Gasteiger partial charge in [-0.1, -0.05) is 0 Å². The monoisotopic (exact) mass is 328 g/mol. The summed E-state index contributed by atoms with van der Waals surface area (Å²) in [5, 5.41) is 18.1. The quantitative estimate of drug-likeness (QED) is 0.664. The summed E-state index contributed by atoms with van der Waals surface area (Å²) >= 11 is 0. The SMILES string of the molecule is O=C(O)CN1CCN2CCCN(CC1)CCN(CC(=O)O)CC2. The maximum Gasteiger partial charge on any atom is 0.317 e. The van der Waals surface area contributed by atoms with Crippen LogP contribution in [0.5, 0.6) is 0 Å². The second kappa shape index (κ2) is 9.17. The standard InChI is InChI=1S/C15H28N4O4/c20-14(21)12-18-8-4-16-2-1-3-17(6-10-18)7-11-19(9-5-16)13-15(22)23/h1-13H2,(H,20,21)(H,22,23). The largest absolute Gasteiger partial charge is 0.480 e. The zero-order chi connectivity index (χ0) is 16.7. The van der Waals surface area contributed by atoms with Gasteiger partial charge >= 0.3 is 11.9 Å². The van der Waals surface area contributed by atoms with Crippen molar-refractivity contribution in [3.05, 3.63) is 0 Å². The van der Waals surface area contributed by atoms with Gasteiger partial charge in [-0.25, -0.2) is 0 Å². The van der Waals surface area contributed by atoms with E-state index in [2.05, 4.69) is 9.80 Å². The molecule has 2 saturated heterocycles. The molecule has 0 aromatic heterocycles. The molecule has 0 spiro atoms. The van der Waals surface area contributed by atoms with Gasteiger partial charge in [0.05, 0.1) is 13.1 Å². The lowest BCUT2D eigenvalue weighted by Gasteiger charge is -2.36. The van der Waals surface area contributed by atoms with Gasteiger partial charge in [-0.3, -0.25) is 19.4 Å². The fourth-order valence-electron chi connectivity index (χ4n) is 3.24. The smallest absolute Gasteiger partial charge is 0.317 e. The van der Waals surface area contributed by atoms with Crippen LogP contribution in [-0.4, -0.2) is 120 Å². The number of hydrogen-bond donors (Lipinski definition) is 2. The number of nitrogens with zero attached hydrogens (tertiary/aromatic N) is 4. The molecule has 8 heteroatoms. The second-order valence-electron chi connectivity index (χ2n) is 6.38. The molecule has 0 amide bonds. The molecule has 0 saturated carbocycles. The van der Waals surface area contributed by atoms with Crippen LogP contribution in [0.15, 0.2) is 0 Å². The average molecular weight is 328 g/mol. The Morgan fingerprint density at radius 2 is 0.957 bits per heavy atom. The Bertz CT molecular complexity index is 355. The van der Waals surface area contributed by atoms with Crippen LogP contribution in [0.1, 0.15) is 6.42 Å². The van der Waals surface area contributed by atoms with E-state index in [0.717, 1.165) is 71.9 Å². The van der Waals surface area contributed by atoms with Gasteiger partial charge < -0.3 is 20.0 Å². The van der Waals surface area contributed by atoms with Crippen molar-refractivity contribution in [1.82, 2.24) is 19.6 Å². The third kappa shape index (κ3) is 6.82. The second-order valence-corrected chi connectivity index (χ2v) is 6.38. The van der Waals surface area contributed by atoms with E-state index < -0.39 is 11.9 Å². The van der Waals surface area contributed by atoms with Crippen molar-refractivity contribution in [2.75, 3.05) is 78.5 Å². The van der Waals surface area contributed by atoms with Gasteiger partial charge in [0.2, 0.25) is 0 Å². The number of hydrogen-bond acceptors (Lipinski definition) is 6. The first-order valence-electron chi connectivity index (χ1n) is 8.36. The molecular weight excluding hydrogens is 300 g/mol. The molecule has 2 aliphatic heterocycles. The van der Waals surface area contributed by atoms with E-state index in [1.165, 1.54) is 0 Å². The number of aliphatic carboxylic acids is 2. The lowest BCUT2D eigenvalue weighted by molar-refractivity contribution is -0.139. The van der Waals surface area contributed by atoms with Crippen molar-refractivity contribution in [3.63, 3.8) is 0 Å². The van der Waals surface area contributed by atoms with Crippen LogP contribution < -0.4 is 0 Å². The minimum atomic E-state index is -0.778. The van der Waals surface area contributed by atoms with E-state index in [9.17, 15) is 9.59 Å². The van der Waals surface area contributed by atoms with E-state index in [-0.39, 0.29) is 13.1 Å². The van der Waals surface area contributed by atoms with Crippen LogP contribution in [0.25, 0.3) is 0 Å². The Hall–Kier alpha value is -1.22. The predicted molar refractivity (Wildman–Crippen MR) is 85.6 cm³/mol. The zero-order valence-electron chi connectivity index (χ0n) is 13.7. The fourth-order valence-corrected chi connectivity index (χ4v) is 3.24. The number of carboxylic acid groups (broad SMARTS) is 2. The first-order chi connectivity index (χ1) is 11.0. The van der Waals surface area contributed by atoms with Crippen molar-refractivity contribution in [3.8, 4) is 0 Å². The predicted octanol–water partition coefficient (Wildman–Crippen LogP) is -1.22. The number of carboxylic acids is 2. The highest BCUT2D eigenvalue weighted by Gasteiger charge is 2.20. The molecule has 2 fully saturated rings. The first kappa shape index (κ1) is 18.1. The van der Waals surface area contributed by atoms with Crippen molar-refractivity contribution >= 4 is 11.9 Å². The van der Waals surface area contributed by atoms with Gasteiger partial charge in [0.15, 0.2) is 0 Å². The summed E-state index contributed by atoms with van der Waals surface area (Å²) in [5.41, 5.74) is 0. The number of carbonyl (C=O) groups is 2. The van der Waals surface area contributed by atoms with E-state index in [0.29, 0.717) is 0 Å². The van der Waals surface area contributed by atoms with Gasteiger partial charge in [0.1, 0.15) is 0 Å². The molecule has 8 nitrogen and oxygen atoms in total. The third-order valence-corrected chi connectivity index (χ3v) is 4.60. The lowest BCUT2D eigenvalue weighted by Crippen LogP contribution is -2.49. The number of rotatable bonds is 4. The molecule has 2 N–H and O–H groups in total. The molecule has 2 rings (SSSR count). The molecule has 2 bridgehead atoms. The van der Waals surface area contributed by atoms with E-state index in [4.69, 9.17) is 10.2 Å². The highest BCUT2D eigenvalue weighted by molar-refractivity contribution is 5.69. The van der Waals surface area contributed by atoms with Gasteiger partial charge in [-0.05, 0) is 19.5 Å². The Labute approximate surface area is 137 Å². The normalized spacial score (nSPS) is 28.5. The summed E-state index contributed by atoms with van der Waals surface area (Å²) < 4.78 is 0. The summed E-state index contributed by atoms with van der Waals surface area (Å²) in [5.74, 6) is -1.56. The summed E-state index contributed by atoms with van der Waals surface area (Å²) in [4.78, 5) is 30.7. The summed E-state index contributed by atoms with van der Waals surface area (Å²) in [6.07, 6.45) is 1.11. The minimum Gasteiger partial charge on any atom is -0.480 e. The molecule has 0 aromatic rings. The van der Waals surface area contributed by atoms with E-state index in [1.807, 2.05) is 9.80 Å². The van der Waals surface area contributed by atoms with Gasteiger partial charge in [-0.15, -0.1) is 0 Å². The van der Waals surface area contributed by atoms with Crippen LogP contribution in [0.2, 0.25) is 0 Å².